The molecule has 0 saturated carbocycles. The van der Waals surface area contributed by atoms with E-state index in [0.29, 0.717) is 18.4 Å². The fourth-order valence-electron chi connectivity index (χ4n) is 4.36. The summed E-state index contributed by atoms with van der Waals surface area (Å²) in [5.74, 6) is 1.60. The monoisotopic (exact) mass is 317 g/mol. The smallest absolute Gasteiger partial charge is 0.310 e. The molecule has 0 radical (unpaired) electrons. The molecule has 0 aromatic carbocycles. The van der Waals surface area contributed by atoms with Crippen LogP contribution >= 0.6 is 0 Å². The van der Waals surface area contributed by atoms with E-state index in [9.17, 15) is 4.79 Å². The second-order valence-electron chi connectivity index (χ2n) is 7.58. The van der Waals surface area contributed by atoms with Gasteiger partial charge in [0.15, 0.2) is 0 Å². The van der Waals surface area contributed by atoms with Crippen molar-refractivity contribution in [3.8, 4) is 0 Å². The molecule has 0 amide bonds. The van der Waals surface area contributed by atoms with Gasteiger partial charge in [0.25, 0.3) is 0 Å². The number of nitrogens with zero attached hydrogens (tertiary/aromatic N) is 1. The zero-order valence-electron chi connectivity index (χ0n) is 14.5. The van der Waals surface area contributed by atoms with Crippen LogP contribution in [0.3, 0.4) is 0 Å². The van der Waals surface area contributed by atoms with Gasteiger partial charge in [-0.15, -0.1) is 0 Å². The van der Waals surface area contributed by atoms with Gasteiger partial charge in [0, 0.05) is 13.1 Å². The summed E-state index contributed by atoms with van der Waals surface area (Å²) < 4.78 is 5.72. The van der Waals surface area contributed by atoms with Crippen molar-refractivity contribution in [2.75, 3.05) is 26.2 Å². The van der Waals surface area contributed by atoms with Crippen LogP contribution in [-0.4, -0.2) is 37.1 Å². The molecular weight excluding hydrogens is 286 g/mol. The number of hydrogen-bond donors (Lipinski definition) is 0. The van der Waals surface area contributed by atoms with Crippen LogP contribution in [0.25, 0.3) is 0 Å². The minimum Gasteiger partial charge on any atom is -0.464 e. The summed E-state index contributed by atoms with van der Waals surface area (Å²) in [7, 11) is 0. The summed E-state index contributed by atoms with van der Waals surface area (Å²) in [5, 5.41) is 0. The molecule has 3 heteroatoms. The molecule has 0 spiro atoms. The Hall–Kier alpha value is -1.09. The standard InChI is InChI=1S/C20H31NO2/c1-16-11-12-21(15-16)13-14-23-20(22)19(18-9-5-6-10-18)17-7-3-2-4-8-17/h3,5,7,9,16-19H,2,4,6,8,10-15H2,1H3. The second kappa shape index (κ2) is 8.14. The number of allylic oxidation sites excluding steroid dienone is 4. The van der Waals surface area contributed by atoms with E-state index < -0.39 is 0 Å². The third kappa shape index (κ3) is 4.47. The first kappa shape index (κ1) is 16.8. The highest BCUT2D eigenvalue weighted by molar-refractivity contribution is 5.74. The van der Waals surface area contributed by atoms with Gasteiger partial charge in [-0.25, -0.2) is 0 Å². The predicted octanol–water partition coefficient (Wildman–Crippen LogP) is 3.81. The maximum atomic E-state index is 12.8. The van der Waals surface area contributed by atoms with Crippen molar-refractivity contribution in [2.24, 2.45) is 23.7 Å². The topological polar surface area (TPSA) is 29.5 Å². The third-order valence-electron chi connectivity index (χ3n) is 5.70. The Kier molecular flexibility index (Phi) is 5.93. The lowest BCUT2D eigenvalue weighted by Crippen LogP contribution is -2.33. The van der Waals surface area contributed by atoms with Crippen molar-refractivity contribution in [1.82, 2.24) is 4.90 Å². The molecule has 3 nitrogen and oxygen atoms in total. The number of likely N-dealkylation sites (tertiary alicyclic amines) is 1. The normalized spacial score (nSPS) is 32.3. The quantitative estimate of drug-likeness (QED) is 0.551. The fourth-order valence-corrected chi connectivity index (χ4v) is 4.36. The Labute approximate surface area is 140 Å². The molecule has 1 saturated heterocycles. The zero-order chi connectivity index (χ0) is 16.1. The van der Waals surface area contributed by atoms with Crippen LogP contribution in [0, 0.1) is 23.7 Å². The van der Waals surface area contributed by atoms with Gasteiger partial charge in [0.1, 0.15) is 6.61 Å². The molecule has 1 heterocycles. The lowest BCUT2D eigenvalue weighted by atomic mass is 9.77. The lowest BCUT2D eigenvalue weighted by Gasteiger charge is -2.29. The van der Waals surface area contributed by atoms with Crippen molar-refractivity contribution in [3.05, 3.63) is 24.3 Å². The zero-order valence-corrected chi connectivity index (χ0v) is 14.5. The third-order valence-corrected chi connectivity index (χ3v) is 5.70. The summed E-state index contributed by atoms with van der Waals surface area (Å²) in [6.07, 6.45) is 16.0. The van der Waals surface area contributed by atoms with Gasteiger partial charge < -0.3 is 4.74 Å². The molecule has 4 unspecified atom stereocenters. The SMILES string of the molecule is CC1CCN(CCOC(=O)C(C2C=CCC2)C2C=CCCC2)C1. The number of hydrogen-bond acceptors (Lipinski definition) is 3. The highest BCUT2D eigenvalue weighted by atomic mass is 16.5. The predicted molar refractivity (Wildman–Crippen MR) is 93.0 cm³/mol. The van der Waals surface area contributed by atoms with E-state index in [1.165, 1.54) is 12.8 Å². The number of carbonyl (C=O) groups is 1. The molecule has 1 aliphatic heterocycles. The Balaban J connectivity index is 1.53. The largest absolute Gasteiger partial charge is 0.464 e. The fraction of sp³-hybridized carbons (Fsp3) is 0.750. The molecule has 2 aliphatic carbocycles. The minimum atomic E-state index is 0.0304. The van der Waals surface area contributed by atoms with Crippen molar-refractivity contribution < 1.29 is 9.53 Å². The maximum Gasteiger partial charge on any atom is 0.310 e. The first-order chi connectivity index (χ1) is 11.2. The van der Waals surface area contributed by atoms with E-state index in [2.05, 4.69) is 36.1 Å². The summed E-state index contributed by atoms with van der Waals surface area (Å²) in [4.78, 5) is 15.2. The molecule has 0 N–H and O–H groups in total. The van der Waals surface area contributed by atoms with Crippen molar-refractivity contribution in [1.29, 1.82) is 0 Å². The molecular formula is C20H31NO2. The van der Waals surface area contributed by atoms with E-state index in [4.69, 9.17) is 4.74 Å². The number of rotatable bonds is 6. The average Bonchev–Trinajstić information content (AvgIpc) is 3.21. The Morgan fingerprint density at radius 1 is 1.17 bits per heavy atom. The van der Waals surface area contributed by atoms with E-state index in [1.807, 2.05) is 0 Å². The highest BCUT2D eigenvalue weighted by Crippen LogP contribution is 2.36. The molecule has 1 fully saturated rings. The lowest BCUT2D eigenvalue weighted by molar-refractivity contribution is -0.152. The van der Waals surface area contributed by atoms with E-state index >= 15 is 0 Å². The van der Waals surface area contributed by atoms with Gasteiger partial charge in [0.2, 0.25) is 0 Å². The Morgan fingerprint density at radius 2 is 1.96 bits per heavy atom. The first-order valence-electron chi connectivity index (χ1n) is 9.46. The van der Waals surface area contributed by atoms with Gasteiger partial charge >= 0.3 is 5.97 Å². The molecule has 0 bridgehead atoms. The van der Waals surface area contributed by atoms with Crippen LogP contribution < -0.4 is 0 Å². The molecule has 3 rings (SSSR count). The van der Waals surface area contributed by atoms with Crippen LogP contribution in [0.1, 0.15) is 45.4 Å². The van der Waals surface area contributed by atoms with Gasteiger partial charge in [-0.2, -0.15) is 0 Å². The van der Waals surface area contributed by atoms with Gasteiger partial charge in [-0.05, 0) is 62.8 Å². The number of ether oxygens (including phenoxy) is 1. The summed E-state index contributed by atoms with van der Waals surface area (Å²) in [5.41, 5.74) is 0. The Bertz CT molecular complexity index is 457. The van der Waals surface area contributed by atoms with E-state index in [0.717, 1.165) is 51.2 Å². The summed E-state index contributed by atoms with van der Waals surface area (Å²) in [6, 6.07) is 0. The average molecular weight is 317 g/mol. The summed E-state index contributed by atoms with van der Waals surface area (Å²) in [6.45, 7) is 6.04. The van der Waals surface area contributed by atoms with E-state index in [-0.39, 0.29) is 11.9 Å². The van der Waals surface area contributed by atoms with Crippen LogP contribution in [-0.2, 0) is 9.53 Å². The van der Waals surface area contributed by atoms with Crippen LogP contribution in [0.2, 0.25) is 0 Å². The molecule has 0 aromatic heterocycles. The van der Waals surface area contributed by atoms with Crippen molar-refractivity contribution in [2.45, 2.75) is 45.4 Å². The van der Waals surface area contributed by atoms with Crippen molar-refractivity contribution >= 4 is 5.97 Å². The molecule has 3 aliphatic rings. The van der Waals surface area contributed by atoms with Crippen molar-refractivity contribution in [3.63, 3.8) is 0 Å². The van der Waals surface area contributed by atoms with Crippen LogP contribution in [0.15, 0.2) is 24.3 Å². The second-order valence-corrected chi connectivity index (χ2v) is 7.58. The maximum absolute atomic E-state index is 12.8. The molecule has 4 atom stereocenters. The summed E-state index contributed by atoms with van der Waals surface area (Å²) >= 11 is 0. The Morgan fingerprint density at radius 3 is 2.61 bits per heavy atom. The van der Waals surface area contributed by atoms with Gasteiger partial charge in [0.05, 0.1) is 5.92 Å². The molecule has 23 heavy (non-hydrogen) atoms. The first-order valence-corrected chi connectivity index (χ1v) is 9.46. The van der Waals surface area contributed by atoms with Gasteiger partial charge in [-0.3, -0.25) is 9.69 Å². The molecule has 128 valence electrons. The van der Waals surface area contributed by atoms with Gasteiger partial charge in [-0.1, -0.05) is 31.2 Å². The highest BCUT2D eigenvalue weighted by Gasteiger charge is 2.35. The van der Waals surface area contributed by atoms with Crippen LogP contribution in [0.4, 0.5) is 0 Å². The molecule has 0 aromatic rings. The van der Waals surface area contributed by atoms with E-state index in [1.54, 1.807) is 0 Å². The number of esters is 1. The number of carbonyl (C=O) groups excluding carboxylic acids is 1. The minimum absolute atomic E-state index is 0.0304. The van der Waals surface area contributed by atoms with Crippen LogP contribution in [0.5, 0.6) is 0 Å².